The molecule has 2 atom stereocenters. The molecule has 0 aliphatic heterocycles. The Morgan fingerprint density at radius 1 is 1.40 bits per heavy atom. The van der Waals surface area contributed by atoms with E-state index in [2.05, 4.69) is 39.0 Å². The van der Waals surface area contributed by atoms with Crippen molar-refractivity contribution in [3.05, 3.63) is 34.9 Å². The molecule has 0 amide bonds. The second-order valence-electron chi connectivity index (χ2n) is 5.02. The summed E-state index contributed by atoms with van der Waals surface area (Å²) in [5.74, 6) is 0.525. The summed E-state index contributed by atoms with van der Waals surface area (Å²) in [6.45, 7) is 6.39. The van der Waals surface area contributed by atoms with Crippen LogP contribution in [0.4, 0.5) is 0 Å². The summed E-state index contributed by atoms with van der Waals surface area (Å²) in [5, 5.41) is 10.3. The van der Waals surface area contributed by atoms with Crippen molar-refractivity contribution in [1.29, 1.82) is 0 Å². The van der Waals surface area contributed by atoms with E-state index in [4.69, 9.17) is 0 Å². The third-order valence-electron chi connectivity index (χ3n) is 3.69. The molecule has 15 heavy (non-hydrogen) atoms. The topological polar surface area (TPSA) is 20.2 Å². The molecule has 0 heterocycles. The van der Waals surface area contributed by atoms with E-state index in [0.717, 1.165) is 19.3 Å². The van der Waals surface area contributed by atoms with Crippen LogP contribution in [0, 0.1) is 19.8 Å². The fourth-order valence-electron chi connectivity index (χ4n) is 2.43. The van der Waals surface area contributed by atoms with Crippen LogP contribution in [0.25, 0.3) is 0 Å². The highest BCUT2D eigenvalue weighted by molar-refractivity contribution is 5.33. The van der Waals surface area contributed by atoms with Gasteiger partial charge in [0, 0.05) is 6.42 Å². The zero-order valence-electron chi connectivity index (χ0n) is 9.88. The molecule has 1 aromatic rings. The lowest BCUT2D eigenvalue weighted by molar-refractivity contribution is 0.130. The van der Waals surface area contributed by atoms with E-state index in [1.165, 1.54) is 16.7 Å². The maximum atomic E-state index is 10.3. The van der Waals surface area contributed by atoms with E-state index in [9.17, 15) is 5.11 Å². The first-order chi connectivity index (χ1) is 7.05. The Balaban J connectivity index is 2.15. The van der Waals surface area contributed by atoms with Crippen LogP contribution in [0.3, 0.4) is 0 Å². The number of hydrogen-bond acceptors (Lipinski definition) is 1. The van der Waals surface area contributed by atoms with Gasteiger partial charge >= 0.3 is 0 Å². The molecule has 82 valence electrons. The van der Waals surface area contributed by atoms with Gasteiger partial charge < -0.3 is 5.11 Å². The first-order valence-electron chi connectivity index (χ1n) is 5.83. The summed E-state index contributed by atoms with van der Waals surface area (Å²) in [6.07, 6.45) is 2.91. The third kappa shape index (κ3) is 2.07. The minimum absolute atomic E-state index is 0.396. The maximum Gasteiger partial charge on any atom is 0.0720 e. The summed E-state index contributed by atoms with van der Waals surface area (Å²) >= 11 is 0. The summed E-state index contributed by atoms with van der Waals surface area (Å²) in [5.41, 5.74) is 3.50. The highest BCUT2D eigenvalue weighted by Gasteiger charge is 2.51. The largest absolute Gasteiger partial charge is 0.389 e. The molecule has 2 unspecified atom stereocenters. The standard InChI is InChI=1S/C14H20O/c1-4-13-9-14(13,15)8-12-7-10(2)5-6-11(12)3/h5-7,13,15H,4,8-9H2,1-3H3. The van der Waals surface area contributed by atoms with Gasteiger partial charge in [0.15, 0.2) is 0 Å². The van der Waals surface area contributed by atoms with Crippen molar-refractivity contribution in [3.63, 3.8) is 0 Å². The first kappa shape index (κ1) is 10.7. The minimum Gasteiger partial charge on any atom is -0.389 e. The fraction of sp³-hybridized carbons (Fsp3) is 0.571. The van der Waals surface area contributed by atoms with E-state index in [1.54, 1.807) is 0 Å². The molecule has 0 saturated heterocycles. The fourth-order valence-corrected chi connectivity index (χ4v) is 2.43. The lowest BCUT2D eigenvalue weighted by Gasteiger charge is -2.13. The van der Waals surface area contributed by atoms with Gasteiger partial charge in [-0.25, -0.2) is 0 Å². The van der Waals surface area contributed by atoms with E-state index < -0.39 is 5.60 Å². The van der Waals surface area contributed by atoms with Crippen molar-refractivity contribution in [3.8, 4) is 0 Å². The van der Waals surface area contributed by atoms with E-state index in [1.807, 2.05) is 0 Å². The molecule has 2 rings (SSSR count). The Morgan fingerprint density at radius 3 is 2.73 bits per heavy atom. The van der Waals surface area contributed by atoms with E-state index >= 15 is 0 Å². The summed E-state index contributed by atoms with van der Waals surface area (Å²) < 4.78 is 0. The molecule has 1 aliphatic rings. The van der Waals surface area contributed by atoms with Crippen LogP contribution in [0.5, 0.6) is 0 Å². The predicted octanol–water partition coefficient (Wildman–Crippen LogP) is 3.01. The number of hydrogen-bond donors (Lipinski definition) is 1. The Hall–Kier alpha value is -0.820. The average Bonchev–Trinajstić information content (AvgIpc) is 2.83. The average molecular weight is 204 g/mol. The molecular formula is C14H20O. The SMILES string of the molecule is CCC1CC1(O)Cc1cc(C)ccc1C. The highest BCUT2D eigenvalue weighted by Crippen LogP contribution is 2.48. The lowest BCUT2D eigenvalue weighted by atomic mass is 9.98. The van der Waals surface area contributed by atoms with Crippen LogP contribution in [0.15, 0.2) is 18.2 Å². The number of aryl methyl sites for hydroxylation is 2. The van der Waals surface area contributed by atoms with E-state index in [0.29, 0.717) is 5.92 Å². The van der Waals surface area contributed by atoms with Crippen molar-refractivity contribution >= 4 is 0 Å². The lowest BCUT2D eigenvalue weighted by Crippen LogP contribution is -2.15. The van der Waals surface area contributed by atoms with Crippen LogP contribution in [0.2, 0.25) is 0 Å². The second kappa shape index (κ2) is 3.64. The monoisotopic (exact) mass is 204 g/mol. The Morgan fingerprint density at radius 2 is 2.13 bits per heavy atom. The van der Waals surface area contributed by atoms with Gasteiger partial charge in [-0.05, 0) is 37.3 Å². The van der Waals surface area contributed by atoms with Gasteiger partial charge in [0.2, 0.25) is 0 Å². The van der Waals surface area contributed by atoms with Gasteiger partial charge in [-0.15, -0.1) is 0 Å². The number of rotatable bonds is 3. The molecule has 0 radical (unpaired) electrons. The molecule has 1 saturated carbocycles. The quantitative estimate of drug-likeness (QED) is 0.802. The molecule has 0 bridgehead atoms. The van der Waals surface area contributed by atoms with Crippen LogP contribution in [-0.2, 0) is 6.42 Å². The molecule has 1 N–H and O–H groups in total. The smallest absolute Gasteiger partial charge is 0.0720 e. The summed E-state index contributed by atoms with van der Waals surface area (Å²) in [7, 11) is 0. The minimum atomic E-state index is -0.396. The van der Waals surface area contributed by atoms with Gasteiger partial charge in [0.05, 0.1) is 5.60 Å². The zero-order chi connectivity index (χ0) is 11.1. The van der Waals surface area contributed by atoms with Gasteiger partial charge in [0.1, 0.15) is 0 Å². The maximum absolute atomic E-state index is 10.3. The zero-order valence-corrected chi connectivity index (χ0v) is 9.88. The van der Waals surface area contributed by atoms with Crippen molar-refractivity contribution in [2.45, 2.75) is 45.6 Å². The van der Waals surface area contributed by atoms with Gasteiger partial charge in [-0.1, -0.05) is 37.1 Å². The van der Waals surface area contributed by atoms with Crippen molar-refractivity contribution in [2.75, 3.05) is 0 Å². The van der Waals surface area contributed by atoms with Crippen LogP contribution in [-0.4, -0.2) is 10.7 Å². The molecule has 1 aliphatic carbocycles. The van der Waals surface area contributed by atoms with Crippen molar-refractivity contribution in [1.82, 2.24) is 0 Å². The van der Waals surface area contributed by atoms with Gasteiger partial charge in [-0.2, -0.15) is 0 Å². The second-order valence-corrected chi connectivity index (χ2v) is 5.02. The molecule has 1 fully saturated rings. The summed E-state index contributed by atoms with van der Waals surface area (Å²) in [6, 6.07) is 6.49. The molecule has 1 heteroatoms. The van der Waals surface area contributed by atoms with Crippen LogP contribution < -0.4 is 0 Å². The van der Waals surface area contributed by atoms with E-state index in [-0.39, 0.29) is 0 Å². The molecule has 0 spiro atoms. The van der Waals surface area contributed by atoms with Crippen LogP contribution in [0.1, 0.15) is 36.5 Å². The molecule has 1 aromatic carbocycles. The number of aliphatic hydroxyl groups is 1. The van der Waals surface area contributed by atoms with Crippen LogP contribution >= 0.6 is 0 Å². The Kier molecular flexibility index (Phi) is 2.59. The van der Waals surface area contributed by atoms with Crippen molar-refractivity contribution in [2.24, 2.45) is 5.92 Å². The molecule has 0 aromatic heterocycles. The summed E-state index contributed by atoms with van der Waals surface area (Å²) in [4.78, 5) is 0. The van der Waals surface area contributed by atoms with Crippen molar-refractivity contribution < 1.29 is 5.11 Å². The first-order valence-corrected chi connectivity index (χ1v) is 5.83. The Labute approximate surface area is 92.1 Å². The van der Waals surface area contributed by atoms with Gasteiger partial charge in [0.25, 0.3) is 0 Å². The third-order valence-corrected chi connectivity index (χ3v) is 3.69. The normalized spacial score (nSPS) is 29.2. The molecule has 1 nitrogen and oxygen atoms in total. The van der Waals surface area contributed by atoms with Gasteiger partial charge in [-0.3, -0.25) is 0 Å². The number of benzene rings is 1. The predicted molar refractivity (Wildman–Crippen MR) is 63.0 cm³/mol. The highest BCUT2D eigenvalue weighted by atomic mass is 16.3. The molecular weight excluding hydrogens is 184 g/mol. The Bertz CT molecular complexity index is 370.